The molecule has 0 aliphatic carbocycles. The topological polar surface area (TPSA) is 38.7 Å². The SMILES string of the molecule is COc1ccc(C(C)O)c(OC)c1. The van der Waals surface area contributed by atoms with Gasteiger partial charge in [0.1, 0.15) is 11.5 Å². The number of hydrogen-bond acceptors (Lipinski definition) is 3. The molecule has 0 saturated carbocycles. The zero-order chi connectivity index (χ0) is 9.84. The number of rotatable bonds is 3. The van der Waals surface area contributed by atoms with Crippen LogP contribution in [-0.2, 0) is 0 Å². The second-order valence-corrected chi connectivity index (χ2v) is 2.78. The van der Waals surface area contributed by atoms with E-state index in [2.05, 4.69) is 0 Å². The zero-order valence-corrected chi connectivity index (χ0v) is 8.07. The Morgan fingerprint density at radius 2 is 1.92 bits per heavy atom. The summed E-state index contributed by atoms with van der Waals surface area (Å²) in [6, 6.07) is 5.34. The average molecular weight is 182 g/mol. The van der Waals surface area contributed by atoms with Gasteiger partial charge in [0.15, 0.2) is 0 Å². The molecule has 0 saturated heterocycles. The van der Waals surface area contributed by atoms with Gasteiger partial charge in [-0.3, -0.25) is 0 Å². The van der Waals surface area contributed by atoms with Crippen molar-refractivity contribution >= 4 is 0 Å². The van der Waals surface area contributed by atoms with Crippen molar-refractivity contribution in [1.82, 2.24) is 0 Å². The van der Waals surface area contributed by atoms with E-state index in [1.807, 2.05) is 0 Å². The summed E-state index contributed by atoms with van der Waals surface area (Å²) in [6.45, 7) is 1.70. The summed E-state index contributed by atoms with van der Waals surface area (Å²) in [5, 5.41) is 9.38. The minimum atomic E-state index is -0.527. The Balaban J connectivity index is 3.08. The number of aliphatic hydroxyl groups excluding tert-OH is 1. The molecule has 0 spiro atoms. The lowest BCUT2D eigenvalue weighted by Crippen LogP contribution is -1.96. The Labute approximate surface area is 77.9 Å². The first-order valence-corrected chi connectivity index (χ1v) is 4.09. The van der Waals surface area contributed by atoms with Crippen LogP contribution in [0.4, 0.5) is 0 Å². The third kappa shape index (κ3) is 2.12. The van der Waals surface area contributed by atoms with Crippen LogP contribution < -0.4 is 9.47 Å². The first-order valence-electron chi connectivity index (χ1n) is 4.09. The highest BCUT2D eigenvalue weighted by atomic mass is 16.5. The van der Waals surface area contributed by atoms with Gasteiger partial charge in [-0.05, 0) is 19.1 Å². The molecule has 72 valence electrons. The Bertz CT molecular complexity index is 281. The third-order valence-corrected chi connectivity index (χ3v) is 1.89. The quantitative estimate of drug-likeness (QED) is 0.774. The normalized spacial score (nSPS) is 12.3. The molecule has 1 aromatic rings. The number of methoxy groups -OCH3 is 2. The van der Waals surface area contributed by atoms with E-state index in [4.69, 9.17) is 9.47 Å². The van der Waals surface area contributed by atoms with E-state index in [1.165, 1.54) is 0 Å². The van der Waals surface area contributed by atoms with Crippen LogP contribution in [0.25, 0.3) is 0 Å². The number of benzene rings is 1. The predicted molar refractivity (Wildman–Crippen MR) is 50.2 cm³/mol. The monoisotopic (exact) mass is 182 g/mol. The highest BCUT2D eigenvalue weighted by Crippen LogP contribution is 2.28. The number of hydrogen-bond donors (Lipinski definition) is 1. The highest BCUT2D eigenvalue weighted by molar-refractivity contribution is 5.41. The van der Waals surface area contributed by atoms with E-state index in [0.29, 0.717) is 5.75 Å². The van der Waals surface area contributed by atoms with Gasteiger partial charge in [0.2, 0.25) is 0 Å². The van der Waals surface area contributed by atoms with Crippen LogP contribution in [0.2, 0.25) is 0 Å². The third-order valence-electron chi connectivity index (χ3n) is 1.89. The minimum absolute atomic E-state index is 0.527. The summed E-state index contributed by atoms with van der Waals surface area (Å²) < 4.78 is 10.1. The Morgan fingerprint density at radius 3 is 2.38 bits per heavy atom. The lowest BCUT2D eigenvalue weighted by Gasteiger charge is -2.11. The number of ether oxygens (including phenoxy) is 2. The van der Waals surface area contributed by atoms with Gasteiger partial charge in [0, 0.05) is 11.6 Å². The Kier molecular flexibility index (Phi) is 3.14. The fourth-order valence-electron chi connectivity index (χ4n) is 1.16. The fraction of sp³-hybridized carbons (Fsp3) is 0.400. The van der Waals surface area contributed by atoms with Crippen LogP contribution in [0.1, 0.15) is 18.6 Å². The summed E-state index contributed by atoms with van der Waals surface area (Å²) in [7, 11) is 3.16. The molecular formula is C10H14O3. The van der Waals surface area contributed by atoms with Crippen LogP contribution in [0.15, 0.2) is 18.2 Å². The summed E-state index contributed by atoms with van der Waals surface area (Å²) in [5.74, 6) is 1.37. The van der Waals surface area contributed by atoms with Crippen molar-refractivity contribution in [1.29, 1.82) is 0 Å². The zero-order valence-electron chi connectivity index (χ0n) is 8.07. The summed E-state index contributed by atoms with van der Waals surface area (Å²) in [5.41, 5.74) is 0.767. The maximum Gasteiger partial charge on any atom is 0.128 e. The number of aliphatic hydroxyl groups is 1. The Hall–Kier alpha value is -1.22. The minimum Gasteiger partial charge on any atom is -0.497 e. The fourth-order valence-corrected chi connectivity index (χ4v) is 1.16. The summed E-state index contributed by atoms with van der Waals surface area (Å²) in [6.07, 6.45) is -0.527. The van der Waals surface area contributed by atoms with Crippen LogP contribution in [0.5, 0.6) is 11.5 Å². The van der Waals surface area contributed by atoms with Gasteiger partial charge in [-0.15, -0.1) is 0 Å². The average Bonchev–Trinajstić information content (AvgIpc) is 2.16. The second-order valence-electron chi connectivity index (χ2n) is 2.78. The molecule has 1 N–H and O–H groups in total. The van der Waals surface area contributed by atoms with Gasteiger partial charge in [-0.25, -0.2) is 0 Å². The van der Waals surface area contributed by atoms with E-state index < -0.39 is 6.10 Å². The van der Waals surface area contributed by atoms with Crippen LogP contribution in [0, 0.1) is 0 Å². The van der Waals surface area contributed by atoms with Gasteiger partial charge < -0.3 is 14.6 Å². The first kappa shape index (κ1) is 9.86. The van der Waals surface area contributed by atoms with Crippen LogP contribution >= 0.6 is 0 Å². The molecule has 1 rings (SSSR count). The molecule has 0 fully saturated rings. The molecule has 1 unspecified atom stereocenters. The van der Waals surface area contributed by atoms with E-state index in [-0.39, 0.29) is 0 Å². The van der Waals surface area contributed by atoms with Crippen molar-refractivity contribution in [2.24, 2.45) is 0 Å². The van der Waals surface area contributed by atoms with Gasteiger partial charge in [0.25, 0.3) is 0 Å². The molecule has 3 nitrogen and oxygen atoms in total. The van der Waals surface area contributed by atoms with Gasteiger partial charge in [-0.2, -0.15) is 0 Å². The molecule has 0 bridgehead atoms. The van der Waals surface area contributed by atoms with Gasteiger partial charge in [0.05, 0.1) is 20.3 Å². The maximum atomic E-state index is 9.38. The smallest absolute Gasteiger partial charge is 0.128 e. The molecule has 13 heavy (non-hydrogen) atoms. The maximum absolute atomic E-state index is 9.38. The molecular weight excluding hydrogens is 168 g/mol. The van der Waals surface area contributed by atoms with E-state index in [9.17, 15) is 5.11 Å². The molecule has 0 aliphatic heterocycles. The Morgan fingerprint density at radius 1 is 1.23 bits per heavy atom. The van der Waals surface area contributed by atoms with E-state index >= 15 is 0 Å². The second kappa shape index (κ2) is 4.14. The van der Waals surface area contributed by atoms with Gasteiger partial charge >= 0.3 is 0 Å². The molecule has 0 amide bonds. The molecule has 3 heteroatoms. The molecule has 0 heterocycles. The van der Waals surface area contributed by atoms with Crippen molar-refractivity contribution < 1.29 is 14.6 Å². The van der Waals surface area contributed by atoms with Crippen molar-refractivity contribution in [3.63, 3.8) is 0 Å². The highest BCUT2D eigenvalue weighted by Gasteiger charge is 2.08. The van der Waals surface area contributed by atoms with Crippen molar-refractivity contribution in [2.75, 3.05) is 14.2 Å². The predicted octanol–water partition coefficient (Wildman–Crippen LogP) is 1.76. The molecule has 1 atom stereocenters. The van der Waals surface area contributed by atoms with Crippen LogP contribution in [-0.4, -0.2) is 19.3 Å². The molecule has 1 aromatic carbocycles. The van der Waals surface area contributed by atoms with E-state index in [0.717, 1.165) is 11.3 Å². The summed E-state index contributed by atoms with van der Waals surface area (Å²) in [4.78, 5) is 0. The first-order chi connectivity index (χ1) is 6.19. The molecule has 0 aliphatic rings. The summed E-state index contributed by atoms with van der Waals surface area (Å²) >= 11 is 0. The van der Waals surface area contributed by atoms with Crippen molar-refractivity contribution in [2.45, 2.75) is 13.0 Å². The van der Waals surface area contributed by atoms with Gasteiger partial charge in [-0.1, -0.05) is 0 Å². The molecule has 0 radical (unpaired) electrons. The van der Waals surface area contributed by atoms with Crippen LogP contribution in [0.3, 0.4) is 0 Å². The molecule has 0 aromatic heterocycles. The largest absolute Gasteiger partial charge is 0.497 e. The lowest BCUT2D eigenvalue weighted by atomic mass is 10.1. The van der Waals surface area contributed by atoms with E-state index in [1.54, 1.807) is 39.3 Å². The lowest BCUT2D eigenvalue weighted by molar-refractivity contribution is 0.194. The van der Waals surface area contributed by atoms with Crippen molar-refractivity contribution in [3.05, 3.63) is 23.8 Å². The standard InChI is InChI=1S/C10H14O3/c1-7(11)9-5-4-8(12-2)6-10(9)13-3/h4-7,11H,1-3H3. The van der Waals surface area contributed by atoms with Crippen molar-refractivity contribution in [3.8, 4) is 11.5 Å².